The Morgan fingerprint density at radius 2 is 1.96 bits per heavy atom. The molecule has 0 bridgehead atoms. The van der Waals surface area contributed by atoms with Crippen LogP contribution in [0.15, 0.2) is 53.4 Å². The summed E-state index contributed by atoms with van der Waals surface area (Å²) in [5, 5.41) is -0.144. The molecule has 1 amide bonds. The standard InChI is InChI=1S/C19H19NO3S/c1-3-23-19(22)15-9-10-17-16(11-15)20(18(21)13(2)24-17)12-14-7-5-4-6-8-14/h4-11,13H,3,12H2,1-2H3. The number of esters is 1. The molecule has 0 spiro atoms. The van der Waals surface area contributed by atoms with Crippen molar-refractivity contribution in [2.75, 3.05) is 11.5 Å². The highest BCUT2D eigenvalue weighted by Gasteiger charge is 2.31. The third kappa shape index (κ3) is 3.31. The topological polar surface area (TPSA) is 46.6 Å². The van der Waals surface area contributed by atoms with Crippen molar-refractivity contribution in [1.82, 2.24) is 0 Å². The normalized spacial score (nSPS) is 16.7. The first-order valence-corrected chi connectivity index (χ1v) is 8.81. The van der Waals surface area contributed by atoms with Crippen molar-refractivity contribution < 1.29 is 14.3 Å². The average molecular weight is 341 g/mol. The Hall–Kier alpha value is -2.27. The fourth-order valence-electron chi connectivity index (χ4n) is 2.68. The molecule has 1 aliphatic rings. The van der Waals surface area contributed by atoms with Gasteiger partial charge < -0.3 is 9.64 Å². The lowest BCUT2D eigenvalue weighted by Crippen LogP contribution is -2.39. The molecule has 0 N–H and O–H groups in total. The van der Waals surface area contributed by atoms with Crippen molar-refractivity contribution in [2.24, 2.45) is 0 Å². The van der Waals surface area contributed by atoms with E-state index in [2.05, 4.69) is 0 Å². The first-order chi connectivity index (χ1) is 11.6. The zero-order valence-electron chi connectivity index (χ0n) is 13.7. The summed E-state index contributed by atoms with van der Waals surface area (Å²) in [6.07, 6.45) is 0. The van der Waals surface area contributed by atoms with Gasteiger partial charge in [0, 0.05) is 4.90 Å². The summed E-state index contributed by atoms with van der Waals surface area (Å²) >= 11 is 1.52. The summed E-state index contributed by atoms with van der Waals surface area (Å²) in [6.45, 7) is 4.50. The molecule has 0 saturated heterocycles. The van der Waals surface area contributed by atoms with Gasteiger partial charge >= 0.3 is 5.97 Å². The van der Waals surface area contributed by atoms with E-state index in [4.69, 9.17) is 4.74 Å². The van der Waals surface area contributed by atoms with E-state index >= 15 is 0 Å². The van der Waals surface area contributed by atoms with Gasteiger partial charge in [0.25, 0.3) is 0 Å². The van der Waals surface area contributed by atoms with E-state index in [0.29, 0.717) is 18.7 Å². The van der Waals surface area contributed by atoms with Crippen LogP contribution in [-0.4, -0.2) is 23.7 Å². The predicted octanol–water partition coefficient (Wildman–Crippen LogP) is 3.89. The van der Waals surface area contributed by atoms with Gasteiger partial charge in [0.05, 0.1) is 29.7 Å². The fourth-order valence-corrected chi connectivity index (χ4v) is 3.72. The molecule has 124 valence electrons. The van der Waals surface area contributed by atoms with Crippen LogP contribution < -0.4 is 4.90 Å². The number of fused-ring (bicyclic) bond motifs is 1. The number of carbonyl (C=O) groups excluding carboxylic acids is 2. The summed E-state index contributed by atoms with van der Waals surface area (Å²) in [4.78, 5) is 27.5. The molecule has 2 aromatic rings. The Labute approximate surface area is 145 Å². The van der Waals surface area contributed by atoms with E-state index < -0.39 is 0 Å². The number of rotatable bonds is 4. The average Bonchev–Trinajstić information content (AvgIpc) is 2.60. The van der Waals surface area contributed by atoms with Crippen LogP contribution in [0.4, 0.5) is 5.69 Å². The molecule has 1 heterocycles. The maximum absolute atomic E-state index is 12.7. The second-order valence-electron chi connectivity index (χ2n) is 5.57. The molecule has 1 atom stereocenters. The van der Waals surface area contributed by atoms with Gasteiger partial charge in [-0.15, -0.1) is 11.8 Å². The van der Waals surface area contributed by atoms with Crippen molar-refractivity contribution >= 4 is 29.3 Å². The summed E-state index contributed by atoms with van der Waals surface area (Å²) in [7, 11) is 0. The minimum absolute atomic E-state index is 0.0531. The van der Waals surface area contributed by atoms with Gasteiger partial charge in [-0.1, -0.05) is 30.3 Å². The molecule has 0 aromatic heterocycles. The molecular weight excluding hydrogens is 322 g/mol. The Morgan fingerprint density at radius 1 is 1.21 bits per heavy atom. The third-order valence-corrected chi connectivity index (χ3v) is 5.02. The van der Waals surface area contributed by atoms with Crippen molar-refractivity contribution in [2.45, 2.75) is 30.5 Å². The number of ether oxygens (including phenoxy) is 1. The molecule has 0 radical (unpaired) electrons. The predicted molar refractivity (Wildman–Crippen MR) is 95.3 cm³/mol. The van der Waals surface area contributed by atoms with Crippen LogP contribution >= 0.6 is 11.8 Å². The highest BCUT2D eigenvalue weighted by molar-refractivity contribution is 8.00. The summed E-state index contributed by atoms with van der Waals surface area (Å²) in [5.41, 5.74) is 2.30. The van der Waals surface area contributed by atoms with E-state index in [-0.39, 0.29) is 17.1 Å². The molecular formula is C19H19NO3S. The Bertz CT molecular complexity index is 760. The summed E-state index contributed by atoms with van der Waals surface area (Å²) in [6, 6.07) is 15.3. The summed E-state index contributed by atoms with van der Waals surface area (Å²) < 4.78 is 5.07. The minimum atomic E-state index is -0.365. The van der Waals surface area contributed by atoms with Crippen LogP contribution in [0.3, 0.4) is 0 Å². The van der Waals surface area contributed by atoms with Gasteiger partial charge in [-0.05, 0) is 37.6 Å². The third-order valence-electron chi connectivity index (χ3n) is 3.86. The highest BCUT2D eigenvalue weighted by atomic mass is 32.2. The molecule has 2 aromatic carbocycles. The molecule has 1 unspecified atom stereocenters. The lowest BCUT2D eigenvalue weighted by Gasteiger charge is -2.32. The van der Waals surface area contributed by atoms with E-state index in [1.54, 1.807) is 24.0 Å². The van der Waals surface area contributed by atoms with E-state index in [1.165, 1.54) is 11.8 Å². The number of amides is 1. The van der Waals surface area contributed by atoms with Crippen LogP contribution in [0.2, 0.25) is 0 Å². The SMILES string of the molecule is CCOC(=O)c1ccc2c(c1)N(Cc1ccccc1)C(=O)C(C)S2. The smallest absolute Gasteiger partial charge is 0.338 e. The quantitative estimate of drug-likeness (QED) is 0.792. The van der Waals surface area contributed by atoms with E-state index in [1.807, 2.05) is 43.3 Å². The number of carbonyl (C=O) groups is 2. The van der Waals surface area contributed by atoms with Crippen molar-refractivity contribution in [3.63, 3.8) is 0 Å². The van der Waals surface area contributed by atoms with E-state index in [0.717, 1.165) is 16.1 Å². The maximum atomic E-state index is 12.7. The van der Waals surface area contributed by atoms with Crippen molar-refractivity contribution in [3.8, 4) is 0 Å². The monoisotopic (exact) mass is 341 g/mol. The van der Waals surface area contributed by atoms with Crippen LogP contribution in [0.5, 0.6) is 0 Å². The second kappa shape index (κ2) is 7.09. The second-order valence-corrected chi connectivity index (χ2v) is 6.96. The Morgan fingerprint density at radius 3 is 2.67 bits per heavy atom. The minimum Gasteiger partial charge on any atom is -0.462 e. The lowest BCUT2D eigenvalue weighted by atomic mass is 10.1. The van der Waals surface area contributed by atoms with Gasteiger partial charge in [0.1, 0.15) is 0 Å². The largest absolute Gasteiger partial charge is 0.462 e. The highest BCUT2D eigenvalue weighted by Crippen LogP contribution is 2.40. The molecule has 1 aliphatic heterocycles. The van der Waals surface area contributed by atoms with Gasteiger partial charge in [-0.25, -0.2) is 4.79 Å². The zero-order valence-corrected chi connectivity index (χ0v) is 14.5. The number of benzene rings is 2. The van der Waals surface area contributed by atoms with Gasteiger partial charge in [-0.3, -0.25) is 4.79 Å². The van der Waals surface area contributed by atoms with Crippen LogP contribution in [0.1, 0.15) is 29.8 Å². The van der Waals surface area contributed by atoms with Crippen molar-refractivity contribution in [3.05, 3.63) is 59.7 Å². The number of hydrogen-bond donors (Lipinski definition) is 0. The first kappa shape index (κ1) is 16.6. The molecule has 3 rings (SSSR count). The van der Waals surface area contributed by atoms with Gasteiger partial charge in [-0.2, -0.15) is 0 Å². The maximum Gasteiger partial charge on any atom is 0.338 e. The zero-order chi connectivity index (χ0) is 17.1. The van der Waals surface area contributed by atoms with Crippen LogP contribution in [-0.2, 0) is 16.1 Å². The first-order valence-electron chi connectivity index (χ1n) is 7.93. The van der Waals surface area contributed by atoms with Gasteiger partial charge in [0.2, 0.25) is 5.91 Å². The number of thioether (sulfide) groups is 1. The molecule has 24 heavy (non-hydrogen) atoms. The lowest BCUT2D eigenvalue weighted by molar-refractivity contribution is -0.118. The number of nitrogens with zero attached hydrogens (tertiary/aromatic N) is 1. The number of anilines is 1. The Balaban J connectivity index is 1.98. The van der Waals surface area contributed by atoms with Crippen molar-refractivity contribution in [1.29, 1.82) is 0 Å². The van der Waals surface area contributed by atoms with Crippen LogP contribution in [0.25, 0.3) is 0 Å². The molecule has 0 aliphatic carbocycles. The fraction of sp³-hybridized carbons (Fsp3) is 0.263. The summed E-state index contributed by atoms with van der Waals surface area (Å²) in [5.74, 6) is -0.312. The van der Waals surface area contributed by atoms with E-state index in [9.17, 15) is 9.59 Å². The molecule has 0 fully saturated rings. The Kier molecular flexibility index (Phi) is 4.90. The van der Waals surface area contributed by atoms with Gasteiger partial charge in [0.15, 0.2) is 0 Å². The molecule has 5 heteroatoms. The van der Waals surface area contributed by atoms with Crippen LogP contribution in [0, 0.1) is 0 Å². The molecule has 0 saturated carbocycles. The number of hydrogen-bond acceptors (Lipinski definition) is 4. The molecule has 4 nitrogen and oxygen atoms in total.